The van der Waals surface area contributed by atoms with Gasteiger partial charge < -0.3 is 5.73 Å². The van der Waals surface area contributed by atoms with E-state index in [4.69, 9.17) is 5.73 Å². The molecule has 0 saturated carbocycles. The highest BCUT2D eigenvalue weighted by Crippen LogP contribution is 2.11. The fraction of sp³-hybridized carbons (Fsp3) is 0.182. The molecule has 1 aromatic heterocycles. The van der Waals surface area contributed by atoms with Crippen LogP contribution in [-0.4, -0.2) is 17.6 Å². The molecule has 6 heteroatoms. The third-order valence-corrected chi connectivity index (χ3v) is 3.77. The van der Waals surface area contributed by atoms with Crippen LogP contribution in [0.25, 0.3) is 0 Å². The summed E-state index contributed by atoms with van der Waals surface area (Å²) in [6.07, 6.45) is 1.35. The van der Waals surface area contributed by atoms with Crippen LogP contribution in [0.15, 0.2) is 36.5 Å². The lowest BCUT2D eigenvalue weighted by molar-refractivity contribution is 0.579. The SMILES string of the molecule is Cc1cccc(CS(=O)(=O)n2ccc(N)n2)c1. The van der Waals surface area contributed by atoms with Gasteiger partial charge in [-0.1, -0.05) is 29.8 Å². The Labute approximate surface area is 99.9 Å². The predicted octanol–water partition coefficient (Wildman–Crippen LogP) is 1.15. The molecule has 17 heavy (non-hydrogen) atoms. The van der Waals surface area contributed by atoms with Gasteiger partial charge in [-0.05, 0) is 12.5 Å². The summed E-state index contributed by atoms with van der Waals surface area (Å²) in [4.78, 5) is 0. The van der Waals surface area contributed by atoms with E-state index in [1.807, 2.05) is 25.1 Å². The van der Waals surface area contributed by atoms with Gasteiger partial charge in [0.25, 0.3) is 10.0 Å². The highest BCUT2D eigenvalue weighted by Gasteiger charge is 2.15. The molecule has 0 atom stereocenters. The van der Waals surface area contributed by atoms with Gasteiger partial charge in [-0.2, -0.15) is 4.09 Å². The van der Waals surface area contributed by atoms with E-state index in [9.17, 15) is 8.42 Å². The summed E-state index contributed by atoms with van der Waals surface area (Å²) in [5.74, 6) is 0.105. The van der Waals surface area contributed by atoms with Crippen LogP contribution in [0.4, 0.5) is 5.82 Å². The Morgan fingerprint density at radius 3 is 2.71 bits per heavy atom. The number of aryl methyl sites for hydroxylation is 1. The number of hydrogen-bond donors (Lipinski definition) is 1. The van der Waals surface area contributed by atoms with E-state index in [1.54, 1.807) is 6.07 Å². The maximum absolute atomic E-state index is 12.0. The fourth-order valence-corrected chi connectivity index (χ4v) is 2.75. The highest BCUT2D eigenvalue weighted by atomic mass is 32.2. The number of nitrogens with zero attached hydrogens (tertiary/aromatic N) is 2. The lowest BCUT2D eigenvalue weighted by Gasteiger charge is -2.04. The molecule has 0 saturated heterocycles. The van der Waals surface area contributed by atoms with Crippen molar-refractivity contribution in [1.29, 1.82) is 0 Å². The zero-order valence-electron chi connectivity index (χ0n) is 9.37. The minimum Gasteiger partial charge on any atom is -0.382 e. The minimum absolute atomic E-state index is 0.0875. The Balaban J connectivity index is 2.29. The standard InChI is InChI=1S/C11H13N3O2S/c1-9-3-2-4-10(7-9)8-17(15,16)14-6-5-11(12)13-14/h2-7H,8H2,1H3,(H2,12,13). The van der Waals surface area contributed by atoms with Crippen LogP contribution in [0.2, 0.25) is 0 Å². The monoisotopic (exact) mass is 251 g/mol. The quantitative estimate of drug-likeness (QED) is 0.887. The van der Waals surface area contributed by atoms with Crippen molar-refractivity contribution in [3.63, 3.8) is 0 Å². The van der Waals surface area contributed by atoms with Crippen LogP contribution in [0.3, 0.4) is 0 Å². The molecule has 2 aromatic rings. The predicted molar refractivity (Wildman–Crippen MR) is 65.8 cm³/mol. The van der Waals surface area contributed by atoms with Gasteiger partial charge in [0, 0.05) is 12.3 Å². The van der Waals surface area contributed by atoms with Gasteiger partial charge in [0.2, 0.25) is 0 Å². The number of nitrogens with two attached hydrogens (primary N) is 1. The maximum atomic E-state index is 12.0. The molecular formula is C11H13N3O2S. The van der Waals surface area contributed by atoms with E-state index in [1.165, 1.54) is 12.3 Å². The van der Waals surface area contributed by atoms with Crippen molar-refractivity contribution < 1.29 is 8.42 Å². The van der Waals surface area contributed by atoms with Gasteiger partial charge in [-0.25, -0.2) is 8.42 Å². The van der Waals surface area contributed by atoms with Gasteiger partial charge in [-0.3, -0.25) is 0 Å². The van der Waals surface area contributed by atoms with E-state index < -0.39 is 10.0 Å². The number of aromatic nitrogens is 2. The summed E-state index contributed by atoms with van der Waals surface area (Å²) in [5.41, 5.74) is 7.16. The molecule has 0 radical (unpaired) electrons. The number of nitrogen functional groups attached to an aromatic ring is 1. The van der Waals surface area contributed by atoms with Crippen molar-refractivity contribution in [2.75, 3.05) is 5.73 Å². The molecule has 0 amide bonds. The Kier molecular flexibility index (Phi) is 2.89. The Morgan fingerprint density at radius 1 is 1.35 bits per heavy atom. The summed E-state index contributed by atoms with van der Waals surface area (Å²) < 4.78 is 24.8. The fourth-order valence-electron chi connectivity index (χ4n) is 1.55. The summed E-state index contributed by atoms with van der Waals surface area (Å²) >= 11 is 0. The van der Waals surface area contributed by atoms with E-state index >= 15 is 0 Å². The molecule has 0 unspecified atom stereocenters. The number of benzene rings is 1. The molecule has 0 aliphatic heterocycles. The van der Waals surface area contributed by atoms with Gasteiger partial charge in [0.1, 0.15) is 5.82 Å². The van der Waals surface area contributed by atoms with Gasteiger partial charge in [-0.15, -0.1) is 5.10 Å². The lowest BCUT2D eigenvalue weighted by atomic mass is 10.2. The average molecular weight is 251 g/mol. The van der Waals surface area contributed by atoms with Crippen molar-refractivity contribution in [3.05, 3.63) is 47.7 Å². The first kappa shape index (κ1) is 11.7. The van der Waals surface area contributed by atoms with E-state index in [2.05, 4.69) is 5.10 Å². The Bertz CT molecular complexity index is 632. The van der Waals surface area contributed by atoms with Crippen molar-refractivity contribution in [3.8, 4) is 0 Å². The molecule has 0 fully saturated rings. The highest BCUT2D eigenvalue weighted by molar-refractivity contribution is 7.89. The molecule has 0 aliphatic rings. The summed E-state index contributed by atoms with van der Waals surface area (Å²) in [6, 6.07) is 8.81. The molecule has 2 rings (SSSR count). The number of hydrogen-bond acceptors (Lipinski definition) is 4. The Hall–Kier alpha value is -1.82. The van der Waals surface area contributed by atoms with Gasteiger partial charge in [0.05, 0.1) is 5.75 Å². The van der Waals surface area contributed by atoms with Crippen molar-refractivity contribution in [1.82, 2.24) is 9.19 Å². The topological polar surface area (TPSA) is 78.0 Å². The third-order valence-electron chi connectivity index (χ3n) is 2.30. The average Bonchev–Trinajstić information content (AvgIpc) is 2.65. The molecule has 2 N–H and O–H groups in total. The minimum atomic E-state index is -3.48. The van der Waals surface area contributed by atoms with Crippen LogP contribution in [-0.2, 0) is 15.8 Å². The van der Waals surface area contributed by atoms with Gasteiger partial charge in [0.15, 0.2) is 0 Å². The van der Waals surface area contributed by atoms with E-state index in [-0.39, 0.29) is 11.6 Å². The summed E-state index contributed by atoms with van der Waals surface area (Å²) in [7, 11) is -3.48. The van der Waals surface area contributed by atoms with Crippen molar-refractivity contribution >= 4 is 15.8 Å². The first-order valence-electron chi connectivity index (χ1n) is 5.07. The van der Waals surface area contributed by atoms with E-state index in [0.29, 0.717) is 0 Å². The van der Waals surface area contributed by atoms with Gasteiger partial charge >= 0.3 is 0 Å². The zero-order chi connectivity index (χ0) is 12.5. The smallest absolute Gasteiger partial charge is 0.258 e. The zero-order valence-corrected chi connectivity index (χ0v) is 10.2. The third kappa shape index (κ3) is 2.65. The second-order valence-corrected chi connectivity index (χ2v) is 5.69. The molecular weight excluding hydrogens is 238 g/mol. The number of rotatable bonds is 3. The first-order valence-corrected chi connectivity index (χ1v) is 6.68. The molecule has 0 aliphatic carbocycles. The van der Waals surface area contributed by atoms with Crippen molar-refractivity contribution in [2.24, 2.45) is 0 Å². The second kappa shape index (κ2) is 4.21. The van der Waals surface area contributed by atoms with Crippen LogP contribution in [0.1, 0.15) is 11.1 Å². The first-order chi connectivity index (χ1) is 7.97. The second-order valence-electron chi connectivity index (χ2n) is 3.86. The molecule has 0 spiro atoms. The van der Waals surface area contributed by atoms with Crippen LogP contribution in [0, 0.1) is 6.92 Å². The Morgan fingerprint density at radius 2 is 2.12 bits per heavy atom. The van der Waals surface area contributed by atoms with Crippen LogP contribution < -0.4 is 5.73 Å². The van der Waals surface area contributed by atoms with Crippen LogP contribution in [0.5, 0.6) is 0 Å². The van der Waals surface area contributed by atoms with E-state index in [0.717, 1.165) is 15.2 Å². The molecule has 90 valence electrons. The summed E-state index contributed by atoms with van der Waals surface area (Å²) in [5, 5.41) is 3.71. The lowest BCUT2D eigenvalue weighted by Crippen LogP contribution is -2.16. The maximum Gasteiger partial charge on any atom is 0.258 e. The number of anilines is 1. The molecule has 1 aromatic carbocycles. The normalized spacial score (nSPS) is 11.6. The largest absolute Gasteiger partial charge is 0.382 e. The van der Waals surface area contributed by atoms with Crippen LogP contribution >= 0.6 is 0 Å². The summed E-state index contributed by atoms with van der Waals surface area (Å²) in [6.45, 7) is 1.92. The van der Waals surface area contributed by atoms with Crippen molar-refractivity contribution in [2.45, 2.75) is 12.7 Å². The molecule has 5 nitrogen and oxygen atoms in total. The molecule has 0 bridgehead atoms. The molecule has 1 heterocycles.